The Bertz CT molecular complexity index is 180. The van der Waals surface area contributed by atoms with Gasteiger partial charge in [-0.2, -0.15) is 0 Å². The summed E-state index contributed by atoms with van der Waals surface area (Å²) in [5, 5.41) is 0. The summed E-state index contributed by atoms with van der Waals surface area (Å²) in [5.74, 6) is 0. The molecule has 0 spiro atoms. The maximum atomic E-state index is 5.95. The second kappa shape index (κ2) is 11.6. The molecule has 1 atom stereocenters. The highest BCUT2D eigenvalue weighted by atomic mass is 35.6. The van der Waals surface area contributed by atoms with Crippen LogP contribution in [0.15, 0.2) is 0 Å². The lowest BCUT2D eigenvalue weighted by Crippen LogP contribution is -2.29. The first-order valence-electron chi connectivity index (χ1n) is 7.20. The molecule has 18 heavy (non-hydrogen) atoms. The van der Waals surface area contributed by atoms with Crippen LogP contribution in [0.4, 0.5) is 0 Å². The summed E-state index contributed by atoms with van der Waals surface area (Å²) in [4.78, 5) is 0. The minimum atomic E-state index is -1.29. The van der Waals surface area contributed by atoms with E-state index in [-0.39, 0.29) is 6.10 Å². The van der Waals surface area contributed by atoms with E-state index in [1.165, 1.54) is 32.1 Å². The largest absolute Gasteiger partial charge is 0.374 e. The van der Waals surface area contributed by atoms with Gasteiger partial charge in [-0.05, 0) is 12.8 Å². The first-order chi connectivity index (χ1) is 8.52. The van der Waals surface area contributed by atoms with Crippen molar-refractivity contribution >= 4 is 34.8 Å². The van der Waals surface area contributed by atoms with Crippen LogP contribution in [-0.2, 0) is 4.74 Å². The molecule has 0 aromatic rings. The Kier molecular flexibility index (Phi) is 12.2. The molecule has 0 aliphatic heterocycles. The summed E-state index contributed by atoms with van der Waals surface area (Å²) in [6.45, 7) is 5.03. The SMILES string of the molecule is CCCCCCCCC(OCCCC)C(Cl)(Cl)Cl. The maximum absolute atomic E-state index is 5.95. The van der Waals surface area contributed by atoms with E-state index in [1.54, 1.807) is 0 Å². The van der Waals surface area contributed by atoms with Gasteiger partial charge in [0.05, 0.1) is 0 Å². The quantitative estimate of drug-likeness (QED) is 0.321. The van der Waals surface area contributed by atoms with Crippen LogP contribution in [0.5, 0.6) is 0 Å². The summed E-state index contributed by atoms with van der Waals surface area (Å²) in [5.41, 5.74) is 0. The van der Waals surface area contributed by atoms with Gasteiger partial charge in [0.25, 0.3) is 0 Å². The summed E-state index contributed by atoms with van der Waals surface area (Å²) >= 11 is 17.8. The zero-order chi connectivity index (χ0) is 13.9. The Morgan fingerprint density at radius 1 is 0.833 bits per heavy atom. The Morgan fingerprint density at radius 3 is 1.94 bits per heavy atom. The molecule has 1 nitrogen and oxygen atoms in total. The van der Waals surface area contributed by atoms with Crippen molar-refractivity contribution in [2.45, 2.75) is 81.5 Å². The molecule has 0 rings (SSSR count). The lowest BCUT2D eigenvalue weighted by molar-refractivity contribution is 0.0464. The minimum absolute atomic E-state index is 0.264. The van der Waals surface area contributed by atoms with Gasteiger partial charge in [-0.1, -0.05) is 93.6 Å². The number of halogens is 3. The van der Waals surface area contributed by atoms with Crippen LogP contribution in [-0.4, -0.2) is 16.5 Å². The molecule has 0 amide bonds. The van der Waals surface area contributed by atoms with E-state index in [0.717, 1.165) is 25.7 Å². The molecule has 4 heteroatoms. The van der Waals surface area contributed by atoms with Crippen molar-refractivity contribution in [2.24, 2.45) is 0 Å². The summed E-state index contributed by atoms with van der Waals surface area (Å²) in [6.07, 6.45) is 10.2. The van der Waals surface area contributed by atoms with Crippen molar-refractivity contribution in [3.8, 4) is 0 Å². The fraction of sp³-hybridized carbons (Fsp3) is 1.00. The fourth-order valence-corrected chi connectivity index (χ4v) is 2.34. The second-order valence-corrected chi connectivity index (χ2v) is 7.18. The standard InChI is InChI=1S/C14H27Cl3O/c1-3-5-7-8-9-10-11-13(14(15,16)17)18-12-6-4-2/h13H,3-12H2,1-2H3. The van der Waals surface area contributed by atoms with Gasteiger partial charge in [-0.15, -0.1) is 0 Å². The molecule has 0 radical (unpaired) electrons. The van der Waals surface area contributed by atoms with Crippen LogP contribution < -0.4 is 0 Å². The first-order valence-corrected chi connectivity index (χ1v) is 8.34. The van der Waals surface area contributed by atoms with Gasteiger partial charge in [0, 0.05) is 6.61 Å². The Hall–Kier alpha value is 0.830. The average Bonchev–Trinajstić information content (AvgIpc) is 2.30. The van der Waals surface area contributed by atoms with Crippen LogP contribution in [0.2, 0.25) is 0 Å². The third-order valence-electron chi connectivity index (χ3n) is 3.00. The Morgan fingerprint density at radius 2 is 1.39 bits per heavy atom. The smallest absolute Gasteiger partial charge is 0.216 e. The van der Waals surface area contributed by atoms with Gasteiger partial charge < -0.3 is 4.74 Å². The first kappa shape index (κ1) is 18.8. The number of ether oxygens (including phenoxy) is 1. The molecule has 0 aliphatic rings. The third-order valence-corrected chi connectivity index (χ3v) is 3.73. The lowest BCUT2D eigenvalue weighted by atomic mass is 10.1. The van der Waals surface area contributed by atoms with E-state index in [9.17, 15) is 0 Å². The molecule has 1 unspecified atom stereocenters. The van der Waals surface area contributed by atoms with Crippen molar-refractivity contribution in [1.82, 2.24) is 0 Å². The van der Waals surface area contributed by atoms with Crippen molar-refractivity contribution in [1.29, 1.82) is 0 Å². The number of rotatable bonds is 11. The maximum Gasteiger partial charge on any atom is 0.216 e. The van der Waals surface area contributed by atoms with Gasteiger partial charge >= 0.3 is 0 Å². The van der Waals surface area contributed by atoms with E-state index in [2.05, 4.69) is 13.8 Å². The Labute approximate surface area is 128 Å². The minimum Gasteiger partial charge on any atom is -0.374 e. The topological polar surface area (TPSA) is 9.23 Å². The van der Waals surface area contributed by atoms with Crippen molar-refractivity contribution < 1.29 is 4.74 Å². The molecule has 0 saturated heterocycles. The average molecular weight is 318 g/mol. The molecule has 110 valence electrons. The van der Waals surface area contributed by atoms with Gasteiger partial charge in [-0.3, -0.25) is 0 Å². The van der Waals surface area contributed by atoms with Crippen molar-refractivity contribution in [3.63, 3.8) is 0 Å². The highest BCUT2D eigenvalue weighted by Gasteiger charge is 2.32. The molecular formula is C14H27Cl3O. The highest BCUT2D eigenvalue weighted by Crippen LogP contribution is 2.35. The number of unbranched alkanes of at least 4 members (excludes halogenated alkanes) is 6. The van der Waals surface area contributed by atoms with Gasteiger partial charge in [0.15, 0.2) is 0 Å². The third kappa shape index (κ3) is 10.7. The predicted octanol–water partition coefficient (Wildman–Crippen LogP) is 6.29. The molecule has 0 heterocycles. The zero-order valence-electron chi connectivity index (χ0n) is 11.7. The van der Waals surface area contributed by atoms with E-state index in [4.69, 9.17) is 39.5 Å². The summed E-state index contributed by atoms with van der Waals surface area (Å²) in [6, 6.07) is 0. The van der Waals surface area contributed by atoms with E-state index in [1.807, 2.05) is 0 Å². The zero-order valence-corrected chi connectivity index (χ0v) is 14.0. The van der Waals surface area contributed by atoms with Crippen LogP contribution in [0.1, 0.15) is 71.6 Å². The van der Waals surface area contributed by atoms with Crippen molar-refractivity contribution in [2.75, 3.05) is 6.61 Å². The van der Waals surface area contributed by atoms with E-state index in [0.29, 0.717) is 6.61 Å². The molecular weight excluding hydrogens is 291 g/mol. The number of alkyl halides is 3. The van der Waals surface area contributed by atoms with Crippen molar-refractivity contribution in [3.05, 3.63) is 0 Å². The highest BCUT2D eigenvalue weighted by molar-refractivity contribution is 6.68. The molecule has 0 fully saturated rings. The van der Waals surface area contributed by atoms with Gasteiger partial charge in [0.1, 0.15) is 6.10 Å². The van der Waals surface area contributed by atoms with Crippen LogP contribution in [0.25, 0.3) is 0 Å². The predicted molar refractivity (Wildman–Crippen MR) is 82.9 cm³/mol. The lowest BCUT2D eigenvalue weighted by Gasteiger charge is -2.24. The number of hydrogen-bond donors (Lipinski definition) is 0. The van der Waals surface area contributed by atoms with E-state index >= 15 is 0 Å². The van der Waals surface area contributed by atoms with Crippen LogP contribution >= 0.6 is 34.8 Å². The summed E-state index contributed by atoms with van der Waals surface area (Å²) < 4.78 is 4.38. The van der Waals surface area contributed by atoms with Crippen LogP contribution in [0, 0.1) is 0 Å². The molecule has 0 aromatic carbocycles. The Balaban J connectivity index is 3.73. The molecule has 0 bridgehead atoms. The van der Waals surface area contributed by atoms with Gasteiger partial charge in [0.2, 0.25) is 3.79 Å². The van der Waals surface area contributed by atoms with Gasteiger partial charge in [-0.25, -0.2) is 0 Å². The second-order valence-electron chi connectivity index (χ2n) is 4.81. The molecule has 0 aliphatic carbocycles. The molecule has 0 aromatic heterocycles. The molecule has 0 saturated carbocycles. The normalized spacial score (nSPS) is 13.8. The summed E-state index contributed by atoms with van der Waals surface area (Å²) in [7, 11) is 0. The molecule has 0 N–H and O–H groups in total. The fourth-order valence-electron chi connectivity index (χ4n) is 1.82. The number of hydrogen-bond acceptors (Lipinski definition) is 1. The van der Waals surface area contributed by atoms with E-state index < -0.39 is 3.79 Å². The van der Waals surface area contributed by atoms with Crippen LogP contribution in [0.3, 0.4) is 0 Å². The monoisotopic (exact) mass is 316 g/mol.